The second-order valence-electron chi connectivity index (χ2n) is 11.5. The summed E-state index contributed by atoms with van der Waals surface area (Å²) in [5, 5.41) is 3.06. The van der Waals surface area contributed by atoms with Crippen LogP contribution < -0.4 is 5.32 Å². The Morgan fingerprint density at radius 2 is 1.53 bits per heavy atom. The predicted octanol–water partition coefficient (Wildman–Crippen LogP) is 3.68. The Morgan fingerprint density at radius 3 is 2.12 bits per heavy atom. The molecule has 0 atom stereocenters. The minimum Gasteiger partial charge on any atom is -0.356 e. The number of carbonyl (C=O) groups is 4. The van der Waals surface area contributed by atoms with Gasteiger partial charge >= 0.3 is 0 Å². The molecule has 0 aromatic rings. The van der Waals surface area contributed by atoms with Gasteiger partial charge in [0.05, 0.1) is 0 Å². The highest BCUT2D eigenvalue weighted by Gasteiger charge is 2.32. The van der Waals surface area contributed by atoms with E-state index in [4.69, 9.17) is 0 Å². The number of nitrogens with one attached hydrogen (secondary N) is 1. The number of nitrogens with zero attached hydrogens (tertiary/aromatic N) is 2. The van der Waals surface area contributed by atoms with Gasteiger partial charge < -0.3 is 10.2 Å². The molecule has 2 fully saturated rings. The molecule has 7 nitrogen and oxygen atoms in total. The Labute approximate surface area is 204 Å². The Balaban J connectivity index is 1.22. The van der Waals surface area contributed by atoms with Crippen LogP contribution in [0.25, 0.3) is 0 Å². The van der Waals surface area contributed by atoms with Crippen LogP contribution in [-0.4, -0.2) is 59.6 Å². The van der Waals surface area contributed by atoms with Crippen molar-refractivity contribution in [3.05, 3.63) is 12.2 Å². The average molecular weight is 474 g/mol. The quantitative estimate of drug-likeness (QED) is 0.409. The SMILES string of the molecule is CC(C)(C)C1CCN(C(=O)CCCCCNC(=O)C2CCC(CN3C(=O)C=CC3=O)CC2)CC1. The van der Waals surface area contributed by atoms with Crippen LogP contribution in [0.15, 0.2) is 12.2 Å². The monoisotopic (exact) mass is 473 g/mol. The summed E-state index contributed by atoms with van der Waals surface area (Å²) in [7, 11) is 0. The largest absolute Gasteiger partial charge is 0.356 e. The van der Waals surface area contributed by atoms with Crippen molar-refractivity contribution >= 4 is 23.6 Å². The molecule has 0 aromatic heterocycles. The van der Waals surface area contributed by atoms with Gasteiger partial charge in [-0.1, -0.05) is 27.2 Å². The number of rotatable bonds is 9. The lowest BCUT2D eigenvalue weighted by molar-refractivity contribution is -0.138. The van der Waals surface area contributed by atoms with Gasteiger partial charge in [0, 0.05) is 50.7 Å². The molecule has 0 aromatic carbocycles. The van der Waals surface area contributed by atoms with Gasteiger partial charge in [-0.25, -0.2) is 0 Å². The molecule has 0 bridgehead atoms. The minimum absolute atomic E-state index is 0.0250. The summed E-state index contributed by atoms with van der Waals surface area (Å²) in [6.07, 6.45) is 11.5. The normalized spacial score (nSPS) is 24.1. The third-order valence-corrected chi connectivity index (χ3v) is 8.00. The van der Waals surface area contributed by atoms with Crippen molar-refractivity contribution in [2.45, 2.75) is 85.0 Å². The predicted molar refractivity (Wildman–Crippen MR) is 132 cm³/mol. The molecule has 0 spiro atoms. The smallest absolute Gasteiger partial charge is 0.253 e. The summed E-state index contributed by atoms with van der Waals surface area (Å²) >= 11 is 0. The van der Waals surface area contributed by atoms with Crippen molar-refractivity contribution in [2.75, 3.05) is 26.2 Å². The van der Waals surface area contributed by atoms with Crippen LogP contribution >= 0.6 is 0 Å². The van der Waals surface area contributed by atoms with Crippen molar-refractivity contribution in [3.8, 4) is 0 Å². The van der Waals surface area contributed by atoms with Crippen molar-refractivity contribution < 1.29 is 19.2 Å². The van der Waals surface area contributed by atoms with Crippen LogP contribution in [0.5, 0.6) is 0 Å². The standard InChI is InChI=1S/C27H43N3O4/c1-27(2,3)22-14-17-29(18-15-22)23(31)7-5-4-6-16-28-26(34)21-10-8-20(9-11-21)19-30-24(32)12-13-25(30)33/h12-13,20-22H,4-11,14-19H2,1-3H3,(H,28,34). The van der Waals surface area contributed by atoms with Gasteiger partial charge in [-0.2, -0.15) is 0 Å². The number of hydrogen-bond donors (Lipinski definition) is 1. The number of carbonyl (C=O) groups excluding carboxylic acids is 4. The van der Waals surface area contributed by atoms with Crippen LogP contribution in [0.3, 0.4) is 0 Å². The van der Waals surface area contributed by atoms with Gasteiger partial charge in [-0.15, -0.1) is 0 Å². The van der Waals surface area contributed by atoms with E-state index in [0.29, 0.717) is 30.8 Å². The van der Waals surface area contributed by atoms with Crippen molar-refractivity contribution in [1.29, 1.82) is 0 Å². The first-order chi connectivity index (χ1) is 16.1. The fraction of sp³-hybridized carbons (Fsp3) is 0.778. The first-order valence-corrected chi connectivity index (χ1v) is 13.2. The molecule has 1 saturated carbocycles. The highest BCUT2D eigenvalue weighted by molar-refractivity contribution is 6.12. The average Bonchev–Trinajstić information content (AvgIpc) is 3.13. The molecule has 2 aliphatic heterocycles. The molecule has 0 unspecified atom stereocenters. The van der Waals surface area contributed by atoms with E-state index in [2.05, 4.69) is 26.1 Å². The Hall–Kier alpha value is -2.18. The van der Waals surface area contributed by atoms with E-state index >= 15 is 0 Å². The van der Waals surface area contributed by atoms with E-state index in [9.17, 15) is 19.2 Å². The number of imide groups is 1. The van der Waals surface area contributed by atoms with Crippen molar-refractivity contribution in [3.63, 3.8) is 0 Å². The third-order valence-electron chi connectivity index (χ3n) is 8.00. The molecule has 0 radical (unpaired) electrons. The lowest BCUT2D eigenvalue weighted by Gasteiger charge is -2.38. The highest BCUT2D eigenvalue weighted by atomic mass is 16.2. The number of amides is 4. The van der Waals surface area contributed by atoms with Gasteiger partial charge in [-0.05, 0) is 68.6 Å². The maximum atomic E-state index is 12.5. The van der Waals surface area contributed by atoms with E-state index in [1.165, 1.54) is 17.1 Å². The van der Waals surface area contributed by atoms with Crippen LogP contribution in [0.1, 0.15) is 85.0 Å². The first-order valence-electron chi connectivity index (χ1n) is 13.2. The molecular weight excluding hydrogens is 430 g/mol. The van der Waals surface area contributed by atoms with Gasteiger partial charge in [-0.3, -0.25) is 24.1 Å². The number of hydrogen-bond acceptors (Lipinski definition) is 4. The van der Waals surface area contributed by atoms with Crippen molar-refractivity contribution in [2.24, 2.45) is 23.2 Å². The molecule has 2 heterocycles. The zero-order chi connectivity index (χ0) is 24.7. The third kappa shape index (κ3) is 7.41. The van der Waals surface area contributed by atoms with Gasteiger partial charge in [0.2, 0.25) is 11.8 Å². The topological polar surface area (TPSA) is 86.8 Å². The summed E-state index contributed by atoms with van der Waals surface area (Å²) in [6, 6.07) is 0. The second kappa shape index (κ2) is 12.0. The molecule has 7 heteroatoms. The lowest BCUT2D eigenvalue weighted by atomic mass is 9.75. The zero-order valence-corrected chi connectivity index (χ0v) is 21.3. The van der Waals surface area contributed by atoms with Gasteiger partial charge in [0.25, 0.3) is 11.8 Å². The molecule has 1 saturated heterocycles. The summed E-state index contributed by atoms with van der Waals surface area (Å²) < 4.78 is 0. The molecule has 34 heavy (non-hydrogen) atoms. The highest BCUT2D eigenvalue weighted by Crippen LogP contribution is 2.34. The maximum absolute atomic E-state index is 12.5. The van der Waals surface area contributed by atoms with E-state index in [1.54, 1.807) is 0 Å². The van der Waals surface area contributed by atoms with Crippen molar-refractivity contribution in [1.82, 2.24) is 15.1 Å². The maximum Gasteiger partial charge on any atom is 0.253 e. The Bertz CT molecular complexity index is 751. The van der Waals surface area contributed by atoms with Gasteiger partial charge in [0.1, 0.15) is 0 Å². The van der Waals surface area contributed by atoms with E-state index in [-0.39, 0.29) is 35.5 Å². The minimum atomic E-state index is -0.225. The van der Waals surface area contributed by atoms with Gasteiger partial charge in [0.15, 0.2) is 0 Å². The molecular formula is C27H43N3O4. The van der Waals surface area contributed by atoms with E-state index in [1.807, 2.05) is 4.90 Å². The summed E-state index contributed by atoms with van der Waals surface area (Å²) in [5.74, 6) is 0.956. The Morgan fingerprint density at radius 1 is 0.912 bits per heavy atom. The fourth-order valence-electron chi connectivity index (χ4n) is 5.56. The van der Waals surface area contributed by atoms with Crippen LogP contribution in [0, 0.1) is 23.2 Å². The number of piperidine rings is 1. The summed E-state index contributed by atoms with van der Waals surface area (Å²) in [6.45, 7) is 9.77. The number of likely N-dealkylation sites (tertiary alicyclic amines) is 1. The second-order valence-corrected chi connectivity index (χ2v) is 11.5. The summed E-state index contributed by atoms with van der Waals surface area (Å²) in [4.78, 5) is 51.8. The molecule has 3 rings (SSSR count). The lowest BCUT2D eigenvalue weighted by Crippen LogP contribution is -2.41. The van der Waals surface area contributed by atoms with Crippen LogP contribution in [0.2, 0.25) is 0 Å². The molecule has 190 valence electrons. The molecule has 4 amide bonds. The van der Waals surface area contributed by atoms with Crippen LogP contribution in [0.4, 0.5) is 0 Å². The Kier molecular flexibility index (Phi) is 9.31. The zero-order valence-electron chi connectivity index (χ0n) is 21.3. The first kappa shape index (κ1) is 26.4. The molecule has 1 aliphatic carbocycles. The molecule has 3 aliphatic rings. The fourth-order valence-corrected chi connectivity index (χ4v) is 5.56. The van der Waals surface area contributed by atoms with E-state index < -0.39 is 0 Å². The van der Waals surface area contributed by atoms with E-state index in [0.717, 1.165) is 70.9 Å². The summed E-state index contributed by atoms with van der Waals surface area (Å²) in [5.41, 5.74) is 0.324. The van der Waals surface area contributed by atoms with Crippen LogP contribution in [-0.2, 0) is 19.2 Å². The number of unbranched alkanes of at least 4 members (excludes halogenated alkanes) is 2. The molecule has 1 N–H and O–H groups in total.